The molecule has 0 bridgehead atoms. The number of aryl methyl sites for hydroxylation is 1. The number of unbranched alkanes of at least 4 members (excludes halogenated alkanes) is 4. The van der Waals surface area contributed by atoms with Gasteiger partial charge in [-0.1, -0.05) is 103 Å². The summed E-state index contributed by atoms with van der Waals surface area (Å²) in [5.74, 6) is -0.267. The number of nitrogens with two attached hydrogens (primary N) is 1. The molecule has 1 aliphatic heterocycles. The summed E-state index contributed by atoms with van der Waals surface area (Å²) in [5.41, 5.74) is 12.3. The largest absolute Gasteiger partial charge is 0.422 e. The van der Waals surface area contributed by atoms with Crippen LogP contribution in [0.1, 0.15) is 105 Å². The number of nitrogens with one attached hydrogen (secondary N) is 1. The van der Waals surface area contributed by atoms with E-state index in [1.54, 1.807) is 0 Å². The maximum absolute atomic E-state index is 14.5. The Morgan fingerprint density at radius 1 is 1.12 bits per heavy atom. The van der Waals surface area contributed by atoms with E-state index in [2.05, 4.69) is 45.2 Å². The summed E-state index contributed by atoms with van der Waals surface area (Å²) in [5, 5.41) is 3.34. The van der Waals surface area contributed by atoms with Crippen LogP contribution in [0.4, 0.5) is 4.39 Å². The van der Waals surface area contributed by atoms with Crippen LogP contribution in [0.5, 0.6) is 0 Å². The molecule has 1 aliphatic rings. The molecule has 1 aromatic rings. The third-order valence-corrected chi connectivity index (χ3v) is 5.55. The van der Waals surface area contributed by atoms with E-state index in [-0.39, 0.29) is 36.9 Å². The smallest absolute Gasteiger partial charge is 0.0382 e. The van der Waals surface area contributed by atoms with Crippen LogP contribution in [-0.2, 0) is 0 Å². The van der Waals surface area contributed by atoms with Crippen molar-refractivity contribution < 1.29 is 35.5 Å². The fourth-order valence-corrected chi connectivity index (χ4v) is 3.26. The Hall–Kier alpha value is -1.24. The second-order valence-corrected chi connectivity index (χ2v) is 8.30. The van der Waals surface area contributed by atoms with Gasteiger partial charge >= 0.3 is 0 Å². The molecule has 1 heterocycles. The van der Waals surface area contributed by atoms with E-state index < -0.39 is 0 Å². The maximum Gasteiger partial charge on any atom is 0.0382 e. The molecule has 0 saturated heterocycles. The van der Waals surface area contributed by atoms with Crippen LogP contribution in [0, 0.1) is 49.9 Å². The molecule has 1 aromatic carbocycles. The summed E-state index contributed by atoms with van der Waals surface area (Å²) in [6.07, 6.45) is 14.8. The van der Waals surface area contributed by atoms with Crippen molar-refractivity contribution in [3.63, 3.8) is 0 Å². The first-order chi connectivity index (χ1) is 15.8. The van der Waals surface area contributed by atoms with Crippen molar-refractivity contribution in [3.05, 3.63) is 75.8 Å². The van der Waals surface area contributed by atoms with Gasteiger partial charge in [0, 0.05) is 55.6 Å². The second-order valence-electron chi connectivity index (χ2n) is 8.30. The standard InChI is InChI=1S/C21H26FN2.C7H16.C2H6.U/c1-5-14(2)7-6-8-17-16(4)20(23)11-12-24-21(17)18-10-9-15(3)13-19(18)22;1-3-5-7-6-4-2;1-2;/h6-9,13,24H,5,11-12,23H2,1-4H3;3-7H2,1-2H3;1-2H3;/q-1;;;/b8-6-,14-7?;;;. The van der Waals surface area contributed by atoms with Gasteiger partial charge in [-0.25, -0.2) is 0 Å². The van der Waals surface area contributed by atoms with Crippen LogP contribution in [0.25, 0.3) is 5.70 Å². The molecule has 0 aliphatic carbocycles. The third kappa shape index (κ3) is 13.0. The Morgan fingerprint density at radius 3 is 2.26 bits per heavy atom. The number of halogens is 1. The molecule has 0 radical (unpaired) electrons. The van der Waals surface area contributed by atoms with Gasteiger partial charge in [-0.2, -0.15) is 0 Å². The molecule has 0 amide bonds. The minimum Gasteiger partial charge on any atom is -0.422 e. The number of hydrogen-bond acceptors (Lipinski definition) is 2. The zero-order valence-electron chi connectivity index (χ0n) is 23.0. The molecule has 2 nitrogen and oxygen atoms in total. The Balaban J connectivity index is 0. The molecule has 0 aromatic heterocycles. The molecule has 0 unspecified atom stereocenters. The van der Waals surface area contributed by atoms with Gasteiger partial charge in [-0.3, -0.25) is 4.39 Å². The van der Waals surface area contributed by atoms with Gasteiger partial charge in [0.05, 0.1) is 0 Å². The Bertz CT molecular complexity index is 815. The summed E-state index contributed by atoms with van der Waals surface area (Å²) in [7, 11) is 0. The first kappa shape index (κ1) is 34.9. The Morgan fingerprint density at radius 2 is 1.74 bits per heavy atom. The summed E-state index contributed by atoms with van der Waals surface area (Å²) in [6, 6.07) is 6.42. The van der Waals surface area contributed by atoms with Crippen LogP contribution >= 0.6 is 0 Å². The van der Waals surface area contributed by atoms with Crippen molar-refractivity contribution in [2.45, 2.75) is 100 Å². The Kier molecular flexibility index (Phi) is 21.7. The summed E-state index contributed by atoms with van der Waals surface area (Å²) < 4.78 is 14.5. The van der Waals surface area contributed by atoms with E-state index in [0.717, 1.165) is 40.9 Å². The van der Waals surface area contributed by atoms with Crippen LogP contribution in [0.3, 0.4) is 0 Å². The predicted molar refractivity (Wildman–Crippen MR) is 145 cm³/mol. The van der Waals surface area contributed by atoms with E-state index in [4.69, 9.17) is 5.73 Å². The monoisotopic (exact) mass is 693 g/mol. The van der Waals surface area contributed by atoms with Gasteiger partial charge < -0.3 is 11.1 Å². The SMILES string of the molecule is CC.CCC(C)=C/C=C\C1=C(c2[c-]cc(C)cc2F)NCCC(N)=C1C.CCCCCCC.[U]. The first-order valence-electron chi connectivity index (χ1n) is 12.8. The number of hydrogen-bond donors (Lipinski definition) is 2. The normalized spacial score (nSPS) is 13.9. The minimum absolute atomic E-state index is 0. The predicted octanol–water partition coefficient (Wildman–Crippen LogP) is 8.79. The van der Waals surface area contributed by atoms with Crippen LogP contribution in [0.2, 0.25) is 0 Å². The average Bonchev–Trinajstić information content (AvgIpc) is 2.95. The van der Waals surface area contributed by atoms with Gasteiger partial charge in [0.1, 0.15) is 0 Å². The Labute approximate surface area is 233 Å². The van der Waals surface area contributed by atoms with Crippen molar-refractivity contribution in [1.82, 2.24) is 5.32 Å². The molecular weight excluding hydrogens is 645 g/mol. The van der Waals surface area contributed by atoms with Gasteiger partial charge in [0.15, 0.2) is 0 Å². The van der Waals surface area contributed by atoms with Crippen molar-refractivity contribution in [3.8, 4) is 0 Å². The second kappa shape index (κ2) is 21.1. The number of allylic oxidation sites excluding steroid dienone is 6. The molecule has 34 heavy (non-hydrogen) atoms. The van der Waals surface area contributed by atoms with E-state index in [1.165, 1.54) is 43.7 Å². The van der Waals surface area contributed by atoms with Gasteiger partial charge in [-0.05, 0) is 37.1 Å². The van der Waals surface area contributed by atoms with Crippen molar-refractivity contribution in [2.75, 3.05) is 6.54 Å². The molecular formula is C30H48FN2U-. The summed E-state index contributed by atoms with van der Waals surface area (Å²) in [4.78, 5) is 0. The molecule has 0 spiro atoms. The van der Waals surface area contributed by atoms with Crippen LogP contribution < -0.4 is 11.1 Å². The molecule has 3 N–H and O–H groups in total. The minimum atomic E-state index is -0.267. The third-order valence-electron chi connectivity index (χ3n) is 5.55. The van der Waals surface area contributed by atoms with Gasteiger partial charge in [-0.15, -0.1) is 23.8 Å². The molecule has 0 atom stereocenters. The zero-order chi connectivity index (χ0) is 25.2. The van der Waals surface area contributed by atoms with E-state index in [9.17, 15) is 4.39 Å². The van der Waals surface area contributed by atoms with Crippen molar-refractivity contribution >= 4 is 5.70 Å². The molecule has 0 saturated carbocycles. The van der Waals surface area contributed by atoms with Gasteiger partial charge in [0.2, 0.25) is 0 Å². The fraction of sp³-hybridized carbons (Fsp3) is 0.533. The number of benzene rings is 1. The summed E-state index contributed by atoms with van der Waals surface area (Å²) in [6.45, 7) is 17.2. The van der Waals surface area contributed by atoms with E-state index >= 15 is 0 Å². The van der Waals surface area contributed by atoms with E-state index in [0.29, 0.717) is 12.1 Å². The fourth-order valence-electron chi connectivity index (χ4n) is 3.26. The maximum atomic E-state index is 14.5. The molecule has 2 rings (SSSR count). The van der Waals surface area contributed by atoms with E-state index in [1.807, 2.05) is 45.9 Å². The van der Waals surface area contributed by atoms with Crippen molar-refractivity contribution in [1.29, 1.82) is 0 Å². The zero-order valence-corrected chi connectivity index (χ0v) is 27.2. The van der Waals surface area contributed by atoms with Crippen LogP contribution in [-0.4, -0.2) is 6.54 Å². The average molecular weight is 694 g/mol. The molecule has 0 fully saturated rings. The number of rotatable bonds is 8. The molecule has 4 heteroatoms. The quantitative estimate of drug-likeness (QED) is 0.162. The summed E-state index contributed by atoms with van der Waals surface area (Å²) >= 11 is 0. The molecule has 190 valence electrons. The van der Waals surface area contributed by atoms with Gasteiger partial charge in [0.25, 0.3) is 0 Å². The topological polar surface area (TPSA) is 38.0 Å². The first-order valence-corrected chi connectivity index (χ1v) is 12.8. The van der Waals surface area contributed by atoms with Crippen LogP contribution in [0.15, 0.2) is 52.8 Å². The van der Waals surface area contributed by atoms with Crippen molar-refractivity contribution in [2.24, 2.45) is 5.73 Å².